The molecule has 0 aliphatic rings. The summed E-state index contributed by atoms with van der Waals surface area (Å²) in [7, 11) is 0. The highest BCUT2D eigenvalue weighted by molar-refractivity contribution is 5.95. The fourth-order valence-electron chi connectivity index (χ4n) is 2.72. The van der Waals surface area contributed by atoms with E-state index in [9.17, 15) is 10.1 Å². The van der Waals surface area contributed by atoms with E-state index in [0.29, 0.717) is 24.2 Å². The highest BCUT2D eigenvalue weighted by Crippen LogP contribution is 2.24. The van der Waals surface area contributed by atoms with E-state index in [2.05, 4.69) is 6.07 Å². The number of nitrogens with zero attached hydrogens (tertiary/aromatic N) is 1. The molecule has 0 heterocycles. The van der Waals surface area contributed by atoms with Crippen molar-refractivity contribution in [3.05, 3.63) is 89.5 Å². The fourth-order valence-corrected chi connectivity index (χ4v) is 2.72. The van der Waals surface area contributed by atoms with Crippen LogP contribution in [0.5, 0.6) is 5.75 Å². The number of benzene rings is 3. The highest BCUT2D eigenvalue weighted by Gasteiger charge is 2.05. The summed E-state index contributed by atoms with van der Waals surface area (Å²) in [6, 6.07) is 25.0. The van der Waals surface area contributed by atoms with Gasteiger partial charge < -0.3 is 4.74 Å². The molecule has 0 aliphatic carbocycles. The molecule has 0 aromatic heterocycles. The number of hydrogen-bond donors (Lipinski definition) is 0. The highest BCUT2D eigenvalue weighted by atomic mass is 16.5. The van der Waals surface area contributed by atoms with Crippen molar-refractivity contribution < 1.29 is 9.53 Å². The number of carbonyl (C=O) groups excluding carboxylic acids is 1. The quantitative estimate of drug-likeness (QED) is 0.564. The Hall–Kier alpha value is -3.38. The van der Waals surface area contributed by atoms with Gasteiger partial charge in [0.15, 0.2) is 5.78 Å². The average molecular weight is 341 g/mol. The molecule has 3 rings (SSSR count). The van der Waals surface area contributed by atoms with Crippen molar-refractivity contribution >= 4 is 5.78 Å². The molecule has 0 spiro atoms. The summed E-state index contributed by atoms with van der Waals surface area (Å²) < 4.78 is 5.79. The van der Waals surface area contributed by atoms with Crippen LogP contribution in [-0.4, -0.2) is 5.78 Å². The number of ether oxygens (including phenoxy) is 1. The van der Waals surface area contributed by atoms with Gasteiger partial charge in [0.25, 0.3) is 0 Å². The van der Waals surface area contributed by atoms with Crippen molar-refractivity contribution in [2.24, 2.45) is 0 Å². The van der Waals surface area contributed by atoms with Crippen LogP contribution in [0.3, 0.4) is 0 Å². The van der Waals surface area contributed by atoms with Gasteiger partial charge in [0.05, 0.1) is 11.6 Å². The van der Waals surface area contributed by atoms with Gasteiger partial charge in [0.2, 0.25) is 0 Å². The molecule has 3 aromatic carbocycles. The third kappa shape index (κ3) is 3.99. The first-order valence-corrected chi connectivity index (χ1v) is 8.55. The molecule has 0 fully saturated rings. The zero-order valence-corrected chi connectivity index (χ0v) is 14.6. The third-order valence-electron chi connectivity index (χ3n) is 4.22. The lowest BCUT2D eigenvalue weighted by molar-refractivity contribution is 0.0988. The SMILES string of the molecule is CCC(=O)c1ccc(OCc2ccc(-c3ccccc3C#N)cc2)cc1. The van der Waals surface area contributed by atoms with E-state index in [1.165, 1.54) is 0 Å². The van der Waals surface area contributed by atoms with Crippen LogP contribution in [0.25, 0.3) is 11.1 Å². The number of carbonyl (C=O) groups is 1. The van der Waals surface area contributed by atoms with Crippen LogP contribution >= 0.6 is 0 Å². The molecule has 0 unspecified atom stereocenters. The van der Waals surface area contributed by atoms with Crippen LogP contribution < -0.4 is 4.74 Å². The summed E-state index contributed by atoms with van der Waals surface area (Å²) in [5, 5.41) is 9.22. The molecule has 0 saturated carbocycles. The van der Waals surface area contributed by atoms with Gasteiger partial charge >= 0.3 is 0 Å². The van der Waals surface area contributed by atoms with Gasteiger partial charge in [-0.25, -0.2) is 0 Å². The first-order valence-electron chi connectivity index (χ1n) is 8.55. The van der Waals surface area contributed by atoms with E-state index >= 15 is 0 Å². The Morgan fingerprint density at radius 2 is 1.65 bits per heavy atom. The van der Waals surface area contributed by atoms with Crippen molar-refractivity contribution in [1.82, 2.24) is 0 Å². The van der Waals surface area contributed by atoms with Crippen molar-refractivity contribution in [2.45, 2.75) is 20.0 Å². The summed E-state index contributed by atoms with van der Waals surface area (Å²) in [5.41, 5.74) is 4.35. The van der Waals surface area contributed by atoms with Gasteiger partial charge in [-0.15, -0.1) is 0 Å². The maximum Gasteiger partial charge on any atom is 0.162 e. The van der Waals surface area contributed by atoms with Crippen LogP contribution in [0.2, 0.25) is 0 Å². The molecule has 0 bridgehead atoms. The van der Waals surface area contributed by atoms with Crippen molar-refractivity contribution in [1.29, 1.82) is 5.26 Å². The predicted octanol–water partition coefficient (Wildman–Crippen LogP) is 5.40. The van der Waals surface area contributed by atoms with Gasteiger partial charge in [0, 0.05) is 12.0 Å². The lowest BCUT2D eigenvalue weighted by Gasteiger charge is -2.09. The van der Waals surface area contributed by atoms with Gasteiger partial charge in [-0.05, 0) is 47.0 Å². The summed E-state index contributed by atoms with van der Waals surface area (Å²) in [4.78, 5) is 11.6. The Balaban J connectivity index is 1.66. The molecule has 26 heavy (non-hydrogen) atoms. The van der Waals surface area contributed by atoms with Crippen LogP contribution in [0.1, 0.15) is 34.8 Å². The minimum atomic E-state index is 0.129. The third-order valence-corrected chi connectivity index (χ3v) is 4.22. The molecular weight excluding hydrogens is 322 g/mol. The lowest BCUT2D eigenvalue weighted by atomic mass is 9.99. The monoisotopic (exact) mass is 341 g/mol. The summed E-state index contributed by atoms with van der Waals surface area (Å²) in [5.74, 6) is 0.862. The topological polar surface area (TPSA) is 50.1 Å². The Morgan fingerprint density at radius 1 is 0.962 bits per heavy atom. The molecular formula is C23H19NO2. The molecule has 3 heteroatoms. The van der Waals surface area contributed by atoms with Crippen LogP contribution in [0.15, 0.2) is 72.8 Å². The molecule has 3 aromatic rings. The molecule has 128 valence electrons. The number of nitriles is 1. The van der Waals surface area contributed by atoms with Gasteiger partial charge in [0.1, 0.15) is 12.4 Å². The number of Topliss-reactive ketones (excluding diaryl/α,β-unsaturated/α-hetero) is 1. The second-order valence-electron chi connectivity index (χ2n) is 5.94. The minimum absolute atomic E-state index is 0.129. The molecule has 0 atom stereocenters. The van der Waals surface area contributed by atoms with E-state index in [-0.39, 0.29) is 5.78 Å². The zero-order valence-electron chi connectivity index (χ0n) is 14.6. The van der Waals surface area contributed by atoms with Crippen molar-refractivity contribution in [3.63, 3.8) is 0 Å². The standard InChI is InChI=1S/C23H19NO2/c1-2-23(25)19-11-13-21(14-12-19)26-16-17-7-9-18(10-8-17)22-6-4-3-5-20(22)15-24/h3-14H,2,16H2,1H3. The average Bonchev–Trinajstić information content (AvgIpc) is 2.72. The van der Waals surface area contributed by atoms with Gasteiger partial charge in [-0.2, -0.15) is 5.26 Å². The number of rotatable bonds is 6. The molecule has 0 radical (unpaired) electrons. The molecule has 0 saturated heterocycles. The van der Waals surface area contributed by atoms with Crippen LogP contribution in [-0.2, 0) is 6.61 Å². The summed E-state index contributed by atoms with van der Waals surface area (Å²) in [6.07, 6.45) is 0.501. The van der Waals surface area contributed by atoms with E-state index in [4.69, 9.17) is 4.74 Å². The maximum atomic E-state index is 11.6. The normalized spacial score (nSPS) is 10.2. The van der Waals surface area contributed by atoms with Gasteiger partial charge in [-0.3, -0.25) is 4.79 Å². The maximum absolute atomic E-state index is 11.6. The van der Waals surface area contributed by atoms with E-state index in [1.54, 1.807) is 12.1 Å². The van der Waals surface area contributed by atoms with E-state index < -0.39 is 0 Å². The summed E-state index contributed by atoms with van der Waals surface area (Å²) >= 11 is 0. The van der Waals surface area contributed by atoms with Gasteiger partial charge in [-0.1, -0.05) is 49.4 Å². The number of ketones is 1. The molecule has 0 N–H and O–H groups in total. The van der Waals surface area contributed by atoms with Crippen molar-refractivity contribution in [2.75, 3.05) is 0 Å². The predicted molar refractivity (Wildman–Crippen MR) is 102 cm³/mol. The Morgan fingerprint density at radius 3 is 2.31 bits per heavy atom. The Bertz CT molecular complexity index is 935. The first-order chi connectivity index (χ1) is 12.7. The van der Waals surface area contributed by atoms with E-state index in [1.807, 2.05) is 67.6 Å². The Labute approximate surface area is 153 Å². The van der Waals surface area contributed by atoms with Crippen molar-refractivity contribution in [3.8, 4) is 22.9 Å². The number of hydrogen-bond acceptors (Lipinski definition) is 3. The second kappa shape index (κ2) is 8.13. The fraction of sp³-hybridized carbons (Fsp3) is 0.130. The zero-order chi connectivity index (χ0) is 18.4. The molecule has 3 nitrogen and oxygen atoms in total. The molecule has 0 aliphatic heterocycles. The lowest BCUT2D eigenvalue weighted by Crippen LogP contribution is -1.98. The van der Waals surface area contributed by atoms with E-state index in [0.717, 1.165) is 22.4 Å². The smallest absolute Gasteiger partial charge is 0.162 e. The summed E-state index contributed by atoms with van der Waals surface area (Å²) in [6.45, 7) is 2.30. The minimum Gasteiger partial charge on any atom is -0.489 e. The van der Waals surface area contributed by atoms with Crippen LogP contribution in [0.4, 0.5) is 0 Å². The largest absolute Gasteiger partial charge is 0.489 e. The first kappa shape index (κ1) is 17.4. The molecule has 0 amide bonds. The Kier molecular flexibility index (Phi) is 5.46. The van der Waals surface area contributed by atoms with Crippen LogP contribution in [0, 0.1) is 11.3 Å². The second-order valence-corrected chi connectivity index (χ2v) is 5.94.